The number of ether oxygens (including phenoxy) is 1. The Kier molecular flexibility index (Phi) is 4.35. The molecule has 0 radical (unpaired) electrons. The SMILES string of the molecule is CC1(C)C[N+](C)(C)C2(CCCC2)O1.[O-][Cl+3]([O-])([O-])[O-]. The van der Waals surface area contributed by atoms with E-state index in [-0.39, 0.29) is 11.3 Å². The number of halogens is 1. The molecule has 0 aromatic heterocycles. The maximum atomic E-state index is 8.49. The van der Waals surface area contributed by atoms with Crippen molar-refractivity contribution < 1.29 is 38.1 Å². The Bertz CT molecular complexity index is 288. The first kappa shape index (κ1) is 16.1. The molecule has 1 spiro atoms. The fourth-order valence-electron chi connectivity index (χ4n) is 3.40. The number of hydrogen-bond acceptors (Lipinski definition) is 5. The first-order valence-corrected chi connectivity index (χ1v) is 7.25. The first-order chi connectivity index (χ1) is 7.87. The third kappa shape index (κ3) is 4.03. The molecule has 0 bridgehead atoms. The van der Waals surface area contributed by atoms with Gasteiger partial charge in [-0.2, -0.15) is 0 Å². The van der Waals surface area contributed by atoms with Crippen molar-refractivity contribution in [3.63, 3.8) is 0 Å². The second-order valence-electron chi connectivity index (χ2n) is 6.24. The lowest BCUT2D eigenvalue weighted by atomic mass is 10.1. The van der Waals surface area contributed by atoms with Gasteiger partial charge in [-0.3, -0.25) is 4.48 Å². The zero-order valence-electron chi connectivity index (χ0n) is 11.4. The monoisotopic (exact) mass is 283 g/mol. The summed E-state index contributed by atoms with van der Waals surface area (Å²) in [4.78, 5) is 0. The molecule has 0 atom stereocenters. The lowest BCUT2D eigenvalue weighted by Crippen LogP contribution is -2.68. The summed E-state index contributed by atoms with van der Waals surface area (Å²) in [6.45, 7) is 5.59. The summed E-state index contributed by atoms with van der Waals surface area (Å²) in [6.07, 6.45) is 5.20. The summed E-state index contributed by atoms with van der Waals surface area (Å²) in [5.74, 6) is 0. The van der Waals surface area contributed by atoms with E-state index in [1.165, 1.54) is 25.7 Å². The van der Waals surface area contributed by atoms with E-state index in [9.17, 15) is 0 Å². The molecular formula is C11H22ClNO5. The summed E-state index contributed by atoms with van der Waals surface area (Å²) in [6, 6.07) is 0. The van der Waals surface area contributed by atoms with Crippen LogP contribution in [-0.2, 0) is 4.74 Å². The molecule has 108 valence electrons. The Hall–Kier alpha value is 0.0500. The average Bonchev–Trinajstić information content (AvgIpc) is 2.52. The van der Waals surface area contributed by atoms with E-state index >= 15 is 0 Å². The zero-order valence-corrected chi connectivity index (χ0v) is 12.2. The smallest absolute Gasteiger partial charge is 0.203 e. The minimum atomic E-state index is -4.94. The highest BCUT2D eigenvalue weighted by Gasteiger charge is 2.59. The van der Waals surface area contributed by atoms with Gasteiger partial charge in [0.1, 0.15) is 12.1 Å². The van der Waals surface area contributed by atoms with E-state index in [2.05, 4.69) is 27.9 Å². The largest absolute Gasteiger partial charge is 0.315 e. The Balaban J connectivity index is 0.000000280. The third-order valence-electron chi connectivity index (χ3n) is 3.73. The van der Waals surface area contributed by atoms with Crippen molar-refractivity contribution in [3.8, 4) is 0 Å². The van der Waals surface area contributed by atoms with Crippen molar-refractivity contribution in [2.75, 3.05) is 20.6 Å². The van der Waals surface area contributed by atoms with Crippen LogP contribution >= 0.6 is 0 Å². The highest BCUT2D eigenvalue weighted by molar-refractivity contribution is 4.88. The molecule has 6 nitrogen and oxygen atoms in total. The third-order valence-corrected chi connectivity index (χ3v) is 3.73. The minimum Gasteiger partial charge on any atom is -0.315 e. The Morgan fingerprint density at radius 3 is 1.67 bits per heavy atom. The molecule has 1 heterocycles. The first-order valence-electron chi connectivity index (χ1n) is 6.02. The lowest BCUT2D eigenvalue weighted by Gasteiger charge is -2.38. The van der Waals surface area contributed by atoms with E-state index in [1.807, 2.05) is 0 Å². The summed E-state index contributed by atoms with van der Waals surface area (Å²) in [5.41, 5.74) is 0.233. The summed E-state index contributed by atoms with van der Waals surface area (Å²) in [5, 5.41) is 0. The van der Waals surface area contributed by atoms with Crippen LogP contribution in [0.5, 0.6) is 0 Å². The maximum absolute atomic E-state index is 8.49. The standard InChI is InChI=1S/C11H22NO.ClHO4/c1-10(2)9-12(3,4)11(13-10)7-5-6-8-11;2-1(3,4)5/h5-9H2,1-4H3;(H,2,3,4,5)/q+1;/p-1. The fourth-order valence-corrected chi connectivity index (χ4v) is 3.40. The molecule has 1 aliphatic heterocycles. The maximum Gasteiger partial charge on any atom is 0.203 e. The van der Waals surface area contributed by atoms with Crippen LogP contribution in [-0.4, -0.2) is 36.4 Å². The van der Waals surface area contributed by atoms with Crippen molar-refractivity contribution in [2.24, 2.45) is 0 Å². The van der Waals surface area contributed by atoms with Crippen LogP contribution in [0.1, 0.15) is 39.5 Å². The van der Waals surface area contributed by atoms with E-state index in [1.54, 1.807) is 0 Å². The Morgan fingerprint density at radius 1 is 1.00 bits per heavy atom. The van der Waals surface area contributed by atoms with E-state index in [0.717, 1.165) is 11.0 Å². The molecular weight excluding hydrogens is 262 g/mol. The van der Waals surface area contributed by atoms with Gasteiger partial charge in [0.2, 0.25) is 5.72 Å². The van der Waals surface area contributed by atoms with Crippen LogP contribution in [0, 0.1) is 10.2 Å². The van der Waals surface area contributed by atoms with Crippen molar-refractivity contribution >= 4 is 0 Å². The fraction of sp³-hybridized carbons (Fsp3) is 1.00. The van der Waals surface area contributed by atoms with Crippen LogP contribution in [0.15, 0.2) is 0 Å². The molecule has 2 aliphatic rings. The predicted molar refractivity (Wildman–Crippen MR) is 53.3 cm³/mol. The second kappa shape index (κ2) is 4.86. The number of rotatable bonds is 0. The van der Waals surface area contributed by atoms with Gasteiger partial charge in [0.05, 0.1) is 14.1 Å². The summed E-state index contributed by atoms with van der Waals surface area (Å²) in [7, 11) is -0.305. The molecule has 0 N–H and O–H groups in total. The van der Waals surface area contributed by atoms with Gasteiger partial charge >= 0.3 is 0 Å². The molecule has 0 aromatic rings. The Labute approximate surface area is 110 Å². The highest BCUT2D eigenvalue weighted by atomic mass is 35.7. The van der Waals surface area contributed by atoms with Crippen LogP contribution in [0.3, 0.4) is 0 Å². The zero-order chi connectivity index (χ0) is 14.2. The Morgan fingerprint density at radius 2 is 1.39 bits per heavy atom. The van der Waals surface area contributed by atoms with Crippen molar-refractivity contribution in [2.45, 2.75) is 50.9 Å². The second-order valence-corrected chi connectivity index (χ2v) is 6.99. The molecule has 1 saturated carbocycles. The molecule has 2 rings (SSSR count). The van der Waals surface area contributed by atoms with Gasteiger partial charge in [0, 0.05) is 12.8 Å². The van der Waals surface area contributed by atoms with Crippen molar-refractivity contribution in [1.29, 1.82) is 0 Å². The van der Waals surface area contributed by atoms with Gasteiger partial charge in [-0.25, -0.2) is 18.6 Å². The van der Waals surface area contributed by atoms with E-state index in [4.69, 9.17) is 23.4 Å². The van der Waals surface area contributed by atoms with Crippen molar-refractivity contribution in [1.82, 2.24) is 0 Å². The van der Waals surface area contributed by atoms with Crippen LogP contribution in [0.2, 0.25) is 0 Å². The normalized spacial score (nSPS) is 28.0. The van der Waals surface area contributed by atoms with Gasteiger partial charge in [-0.15, -0.1) is 10.2 Å². The van der Waals surface area contributed by atoms with Crippen LogP contribution < -0.4 is 18.6 Å². The minimum absolute atomic E-state index is 0.0772. The molecule has 7 heteroatoms. The number of hydrogen-bond donors (Lipinski definition) is 0. The average molecular weight is 284 g/mol. The van der Waals surface area contributed by atoms with Gasteiger partial charge < -0.3 is 4.74 Å². The van der Waals surface area contributed by atoms with Crippen molar-refractivity contribution in [3.05, 3.63) is 0 Å². The van der Waals surface area contributed by atoms with Gasteiger partial charge in [-0.05, 0) is 26.7 Å². The molecule has 1 saturated heterocycles. The lowest BCUT2D eigenvalue weighted by molar-refractivity contribution is -2.00. The quantitative estimate of drug-likeness (QED) is 0.453. The number of quaternary nitrogens is 1. The summed E-state index contributed by atoms with van der Waals surface area (Å²) >= 11 is 0. The molecule has 0 amide bonds. The topological polar surface area (TPSA) is 101 Å². The van der Waals surface area contributed by atoms with Gasteiger partial charge in [-0.1, -0.05) is 0 Å². The number of nitrogens with zero attached hydrogens (tertiary/aromatic N) is 1. The summed E-state index contributed by atoms with van der Waals surface area (Å²) < 4.78 is 41.3. The molecule has 2 fully saturated rings. The number of likely N-dealkylation sites (N-methyl/N-ethyl adjacent to an activating group) is 1. The van der Waals surface area contributed by atoms with Crippen LogP contribution in [0.4, 0.5) is 0 Å². The van der Waals surface area contributed by atoms with E-state index < -0.39 is 10.2 Å². The van der Waals surface area contributed by atoms with Gasteiger partial charge in [0.15, 0.2) is 0 Å². The van der Waals surface area contributed by atoms with Gasteiger partial charge in [0.25, 0.3) is 0 Å². The van der Waals surface area contributed by atoms with E-state index in [0.29, 0.717) is 0 Å². The predicted octanol–water partition coefficient (Wildman–Crippen LogP) is -2.61. The van der Waals surface area contributed by atoms with Crippen LogP contribution in [0.25, 0.3) is 0 Å². The molecule has 0 unspecified atom stereocenters. The highest BCUT2D eigenvalue weighted by Crippen LogP contribution is 2.47. The molecule has 1 aliphatic carbocycles. The molecule has 18 heavy (non-hydrogen) atoms. The molecule has 0 aromatic carbocycles.